The van der Waals surface area contributed by atoms with Gasteiger partial charge in [-0.05, 0) is 12.5 Å². The molecular formula is C21H20F2N4O2. The fourth-order valence-corrected chi connectivity index (χ4v) is 3.70. The molecule has 0 spiro atoms. The predicted molar refractivity (Wildman–Crippen MR) is 102 cm³/mol. The summed E-state index contributed by atoms with van der Waals surface area (Å²) in [6.07, 6.45) is 0.619. The van der Waals surface area contributed by atoms with Crippen LogP contribution in [0.2, 0.25) is 0 Å². The first kappa shape index (κ1) is 19.0. The Kier molecular flexibility index (Phi) is 5.00. The number of benzene rings is 2. The minimum absolute atomic E-state index is 0.0221. The molecule has 1 aliphatic rings. The van der Waals surface area contributed by atoms with Crippen LogP contribution in [0.5, 0.6) is 5.75 Å². The van der Waals surface area contributed by atoms with Gasteiger partial charge in [0.1, 0.15) is 28.8 Å². The Morgan fingerprint density at radius 1 is 1.17 bits per heavy atom. The van der Waals surface area contributed by atoms with Crippen LogP contribution in [0, 0.1) is 11.6 Å². The van der Waals surface area contributed by atoms with Crippen molar-refractivity contribution in [1.29, 1.82) is 0 Å². The molecule has 2 aromatic carbocycles. The Balaban J connectivity index is 1.59. The molecule has 0 radical (unpaired) electrons. The van der Waals surface area contributed by atoms with Crippen LogP contribution < -0.4 is 4.74 Å². The smallest absolute Gasteiger partial charge is 0.260 e. The zero-order valence-electron chi connectivity index (χ0n) is 16.1. The van der Waals surface area contributed by atoms with Gasteiger partial charge in [-0.15, -0.1) is 10.2 Å². The first-order valence-corrected chi connectivity index (χ1v) is 9.26. The lowest BCUT2D eigenvalue weighted by molar-refractivity contribution is 0.0669. The summed E-state index contributed by atoms with van der Waals surface area (Å²) in [5, 5.41) is 8.49. The standard InChI is InChI=1S/C21H20F2N4O2/c1-13-11-26(21(28)20-16(22)9-15(29-2)10-17(20)23)12-19-25-24-18(27(13)19)8-14-6-4-3-5-7-14/h3-7,9-10,13H,8,11-12H2,1-2H3/t13-/m0/s1. The van der Waals surface area contributed by atoms with Crippen molar-refractivity contribution in [3.8, 4) is 5.75 Å². The van der Waals surface area contributed by atoms with Gasteiger partial charge in [-0.1, -0.05) is 30.3 Å². The molecule has 0 saturated heterocycles. The molecule has 29 heavy (non-hydrogen) atoms. The Bertz CT molecular complexity index is 1030. The third kappa shape index (κ3) is 3.57. The normalized spacial score (nSPS) is 15.9. The number of hydrogen-bond donors (Lipinski definition) is 0. The third-order valence-corrected chi connectivity index (χ3v) is 5.05. The van der Waals surface area contributed by atoms with Gasteiger partial charge in [0, 0.05) is 25.1 Å². The fraction of sp³-hybridized carbons (Fsp3) is 0.286. The summed E-state index contributed by atoms with van der Waals surface area (Å²) in [4.78, 5) is 14.2. The van der Waals surface area contributed by atoms with E-state index in [-0.39, 0.29) is 18.3 Å². The monoisotopic (exact) mass is 398 g/mol. The molecule has 1 aliphatic heterocycles. The Morgan fingerprint density at radius 3 is 2.52 bits per heavy atom. The van der Waals surface area contributed by atoms with Gasteiger partial charge in [0.15, 0.2) is 5.82 Å². The number of ether oxygens (including phenoxy) is 1. The van der Waals surface area contributed by atoms with Gasteiger partial charge in [0.25, 0.3) is 5.91 Å². The number of amides is 1. The SMILES string of the molecule is COc1cc(F)c(C(=O)N2Cc3nnc(Cc4ccccc4)n3[C@@H](C)C2)c(F)c1. The van der Waals surface area contributed by atoms with Crippen molar-refractivity contribution in [3.05, 3.63) is 76.9 Å². The van der Waals surface area contributed by atoms with Gasteiger partial charge in [0.2, 0.25) is 0 Å². The number of hydrogen-bond acceptors (Lipinski definition) is 4. The van der Waals surface area contributed by atoms with Crippen LogP contribution in [-0.4, -0.2) is 39.2 Å². The van der Waals surface area contributed by atoms with E-state index in [1.54, 1.807) is 0 Å². The number of methoxy groups -OCH3 is 1. The number of fused-ring (bicyclic) bond motifs is 1. The van der Waals surface area contributed by atoms with E-state index in [0.29, 0.717) is 18.8 Å². The minimum Gasteiger partial charge on any atom is -0.497 e. The molecule has 0 fully saturated rings. The Morgan fingerprint density at radius 2 is 1.86 bits per heavy atom. The second-order valence-electron chi connectivity index (χ2n) is 7.07. The van der Waals surface area contributed by atoms with E-state index in [2.05, 4.69) is 10.2 Å². The molecule has 8 heteroatoms. The summed E-state index contributed by atoms with van der Waals surface area (Å²) in [6, 6.07) is 11.8. The van der Waals surface area contributed by atoms with Crippen molar-refractivity contribution in [2.24, 2.45) is 0 Å². The molecule has 6 nitrogen and oxygen atoms in total. The molecule has 3 aromatic rings. The number of nitrogens with zero attached hydrogens (tertiary/aromatic N) is 4. The Labute approximate surface area is 166 Å². The highest BCUT2D eigenvalue weighted by atomic mass is 19.1. The van der Waals surface area contributed by atoms with Gasteiger partial charge >= 0.3 is 0 Å². The van der Waals surface area contributed by atoms with E-state index >= 15 is 0 Å². The summed E-state index contributed by atoms with van der Waals surface area (Å²) in [6.45, 7) is 2.37. The highest BCUT2D eigenvalue weighted by Crippen LogP contribution is 2.27. The quantitative estimate of drug-likeness (QED) is 0.676. The summed E-state index contributed by atoms with van der Waals surface area (Å²) < 4.78 is 35.5. The zero-order chi connectivity index (χ0) is 20.5. The van der Waals surface area contributed by atoms with E-state index < -0.39 is 23.1 Å². The van der Waals surface area contributed by atoms with Crippen molar-refractivity contribution < 1.29 is 18.3 Å². The van der Waals surface area contributed by atoms with Crippen molar-refractivity contribution in [2.45, 2.75) is 25.9 Å². The largest absolute Gasteiger partial charge is 0.497 e. The van der Waals surface area contributed by atoms with Crippen molar-refractivity contribution >= 4 is 5.91 Å². The second kappa shape index (κ2) is 7.62. The molecule has 150 valence electrons. The molecule has 1 amide bonds. The van der Waals surface area contributed by atoms with Crippen molar-refractivity contribution in [3.63, 3.8) is 0 Å². The summed E-state index contributed by atoms with van der Waals surface area (Å²) >= 11 is 0. The molecule has 1 atom stereocenters. The molecule has 0 N–H and O–H groups in total. The fourth-order valence-electron chi connectivity index (χ4n) is 3.70. The summed E-state index contributed by atoms with van der Waals surface area (Å²) in [5.41, 5.74) is 0.520. The number of halogens is 2. The van der Waals surface area contributed by atoms with Crippen LogP contribution in [0.3, 0.4) is 0 Å². The van der Waals surface area contributed by atoms with E-state index in [1.165, 1.54) is 12.0 Å². The summed E-state index contributed by atoms with van der Waals surface area (Å²) in [7, 11) is 1.31. The van der Waals surface area contributed by atoms with Crippen LogP contribution in [0.25, 0.3) is 0 Å². The van der Waals surface area contributed by atoms with E-state index in [9.17, 15) is 13.6 Å². The molecule has 0 aliphatic carbocycles. The number of carbonyl (C=O) groups excluding carboxylic acids is 1. The average Bonchev–Trinajstić information content (AvgIpc) is 3.11. The highest BCUT2D eigenvalue weighted by molar-refractivity contribution is 5.95. The van der Waals surface area contributed by atoms with Gasteiger partial charge in [-0.2, -0.15) is 0 Å². The van der Waals surface area contributed by atoms with E-state index in [0.717, 1.165) is 23.5 Å². The maximum atomic E-state index is 14.3. The van der Waals surface area contributed by atoms with E-state index in [4.69, 9.17) is 4.74 Å². The lowest BCUT2D eigenvalue weighted by atomic mass is 10.1. The first-order chi connectivity index (χ1) is 14.0. The first-order valence-electron chi connectivity index (χ1n) is 9.26. The summed E-state index contributed by atoms with van der Waals surface area (Å²) in [5.74, 6) is -1.19. The number of rotatable bonds is 4. The number of carbonyl (C=O) groups is 1. The van der Waals surface area contributed by atoms with Crippen LogP contribution in [0.1, 0.15) is 40.5 Å². The van der Waals surface area contributed by atoms with Crippen LogP contribution in [-0.2, 0) is 13.0 Å². The van der Waals surface area contributed by atoms with Crippen molar-refractivity contribution in [1.82, 2.24) is 19.7 Å². The predicted octanol–water partition coefficient (Wildman–Crippen LogP) is 3.37. The zero-order valence-corrected chi connectivity index (χ0v) is 16.1. The lowest BCUT2D eigenvalue weighted by Crippen LogP contribution is -2.41. The van der Waals surface area contributed by atoms with Crippen molar-refractivity contribution in [2.75, 3.05) is 13.7 Å². The molecule has 2 heterocycles. The molecule has 0 unspecified atom stereocenters. The van der Waals surface area contributed by atoms with E-state index in [1.807, 2.05) is 41.8 Å². The molecular weight excluding hydrogens is 378 g/mol. The second-order valence-corrected chi connectivity index (χ2v) is 7.07. The Hall–Kier alpha value is -3.29. The molecule has 0 bridgehead atoms. The molecule has 1 aromatic heterocycles. The average molecular weight is 398 g/mol. The maximum absolute atomic E-state index is 14.3. The van der Waals surface area contributed by atoms with Gasteiger partial charge < -0.3 is 14.2 Å². The van der Waals surface area contributed by atoms with Gasteiger partial charge in [-0.25, -0.2) is 8.78 Å². The topological polar surface area (TPSA) is 60.2 Å². The van der Waals surface area contributed by atoms with Gasteiger partial charge in [0.05, 0.1) is 19.7 Å². The number of aromatic nitrogens is 3. The molecule has 4 rings (SSSR count). The molecule has 0 saturated carbocycles. The third-order valence-electron chi connectivity index (χ3n) is 5.05. The highest BCUT2D eigenvalue weighted by Gasteiger charge is 2.32. The maximum Gasteiger partial charge on any atom is 0.260 e. The van der Waals surface area contributed by atoms with Crippen LogP contribution >= 0.6 is 0 Å². The van der Waals surface area contributed by atoms with Gasteiger partial charge in [-0.3, -0.25) is 4.79 Å². The lowest BCUT2D eigenvalue weighted by Gasteiger charge is -2.32. The van der Waals surface area contributed by atoms with Crippen LogP contribution in [0.4, 0.5) is 8.78 Å². The van der Waals surface area contributed by atoms with Crippen LogP contribution in [0.15, 0.2) is 42.5 Å². The minimum atomic E-state index is -0.948.